The fourth-order valence-electron chi connectivity index (χ4n) is 4.05. The Hall–Kier alpha value is -3.01. The molecule has 0 saturated carbocycles. The van der Waals surface area contributed by atoms with Crippen molar-refractivity contribution in [3.63, 3.8) is 0 Å². The molecule has 29 heavy (non-hydrogen) atoms. The van der Waals surface area contributed by atoms with E-state index in [4.69, 9.17) is 4.74 Å². The average Bonchev–Trinajstić information content (AvgIpc) is 2.72. The molecule has 2 unspecified atom stereocenters. The second-order valence-corrected chi connectivity index (χ2v) is 7.93. The molecule has 1 N–H and O–H groups in total. The van der Waals surface area contributed by atoms with E-state index >= 15 is 0 Å². The minimum atomic E-state index is -0.299. The van der Waals surface area contributed by atoms with Gasteiger partial charge in [0.25, 0.3) is 5.91 Å². The summed E-state index contributed by atoms with van der Waals surface area (Å²) in [5, 5.41) is 5.88. The molecular weight excluding hydrogens is 360 g/mol. The number of nitrogens with zero attached hydrogens (tertiary/aromatic N) is 1. The standard InChI is InChI=1S/C25H28N2O2/c1-5-17(4)27-24(26-21-13-9-8-12-20(21)25(27)28)23-19-11-7-6-10-18(19)14-15-22(23)29-16(2)3/h6-17,24,26H,5H2,1-4H3. The summed E-state index contributed by atoms with van der Waals surface area (Å²) in [6.45, 7) is 8.28. The van der Waals surface area contributed by atoms with Crippen molar-refractivity contribution in [1.82, 2.24) is 4.90 Å². The maximum absolute atomic E-state index is 13.5. The number of benzene rings is 3. The Labute approximate surface area is 172 Å². The lowest BCUT2D eigenvalue weighted by molar-refractivity contribution is 0.0591. The van der Waals surface area contributed by atoms with Gasteiger partial charge in [0.15, 0.2) is 0 Å². The maximum Gasteiger partial charge on any atom is 0.258 e. The zero-order valence-electron chi connectivity index (χ0n) is 17.5. The molecule has 4 rings (SSSR count). The molecule has 3 aromatic rings. The molecular formula is C25H28N2O2. The molecule has 4 heteroatoms. The highest BCUT2D eigenvalue weighted by atomic mass is 16.5. The minimum Gasteiger partial charge on any atom is -0.491 e. The Bertz CT molecular complexity index is 1040. The summed E-state index contributed by atoms with van der Waals surface area (Å²) >= 11 is 0. The number of carbonyl (C=O) groups is 1. The van der Waals surface area contributed by atoms with Gasteiger partial charge in [-0.3, -0.25) is 4.79 Å². The fraction of sp³-hybridized carbons (Fsp3) is 0.320. The summed E-state index contributed by atoms with van der Waals surface area (Å²) in [7, 11) is 0. The van der Waals surface area contributed by atoms with Gasteiger partial charge in [-0.2, -0.15) is 0 Å². The molecule has 0 fully saturated rings. The normalized spacial score (nSPS) is 17.2. The lowest BCUT2D eigenvalue weighted by atomic mass is 9.96. The third-order valence-corrected chi connectivity index (χ3v) is 5.59. The predicted octanol–water partition coefficient (Wildman–Crippen LogP) is 5.99. The van der Waals surface area contributed by atoms with Crippen molar-refractivity contribution in [2.45, 2.75) is 52.4 Å². The summed E-state index contributed by atoms with van der Waals surface area (Å²) in [6.07, 6.45) is 0.614. The number of fused-ring (bicyclic) bond motifs is 2. The molecule has 0 spiro atoms. The molecule has 0 aromatic heterocycles. The lowest BCUT2D eigenvalue weighted by Gasteiger charge is -2.42. The quantitative estimate of drug-likeness (QED) is 0.583. The summed E-state index contributed by atoms with van der Waals surface area (Å²) in [4.78, 5) is 15.5. The molecule has 4 nitrogen and oxygen atoms in total. The highest BCUT2D eigenvalue weighted by molar-refractivity contribution is 6.02. The first-order valence-electron chi connectivity index (χ1n) is 10.4. The third-order valence-electron chi connectivity index (χ3n) is 5.59. The van der Waals surface area contributed by atoms with Crippen LogP contribution in [0.15, 0.2) is 60.7 Å². The number of nitrogens with one attached hydrogen (secondary N) is 1. The van der Waals surface area contributed by atoms with Crippen LogP contribution in [-0.4, -0.2) is 23.0 Å². The van der Waals surface area contributed by atoms with Crippen LogP contribution in [0.5, 0.6) is 5.75 Å². The highest BCUT2D eigenvalue weighted by Crippen LogP contribution is 2.42. The van der Waals surface area contributed by atoms with Crippen LogP contribution in [0.4, 0.5) is 5.69 Å². The van der Waals surface area contributed by atoms with Crippen molar-refractivity contribution in [1.29, 1.82) is 0 Å². The van der Waals surface area contributed by atoms with E-state index in [-0.39, 0.29) is 24.2 Å². The number of carbonyl (C=O) groups excluding carboxylic acids is 1. The van der Waals surface area contributed by atoms with E-state index in [1.54, 1.807) is 0 Å². The van der Waals surface area contributed by atoms with Crippen LogP contribution < -0.4 is 10.1 Å². The molecule has 1 amide bonds. The molecule has 3 aromatic carbocycles. The van der Waals surface area contributed by atoms with Crippen molar-refractivity contribution in [3.05, 3.63) is 71.8 Å². The summed E-state index contributed by atoms with van der Waals surface area (Å²) in [5.74, 6) is 0.874. The Kier molecular flexibility index (Phi) is 5.18. The first kappa shape index (κ1) is 19.3. The molecule has 150 valence electrons. The molecule has 1 aliphatic rings. The lowest BCUT2D eigenvalue weighted by Crippen LogP contribution is -2.47. The summed E-state index contributed by atoms with van der Waals surface area (Å²) in [6, 6.07) is 20.2. The van der Waals surface area contributed by atoms with Gasteiger partial charge >= 0.3 is 0 Å². The number of hydrogen-bond donors (Lipinski definition) is 1. The minimum absolute atomic E-state index is 0.0403. The van der Waals surface area contributed by atoms with Crippen LogP contribution in [0.2, 0.25) is 0 Å². The zero-order chi connectivity index (χ0) is 20.5. The van der Waals surface area contributed by atoms with Gasteiger partial charge in [-0.25, -0.2) is 0 Å². The van der Waals surface area contributed by atoms with Gasteiger partial charge in [-0.05, 0) is 56.2 Å². The van der Waals surface area contributed by atoms with E-state index in [0.29, 0.717) is 0 Å². The number of anilines is 1. The molecule has 1 aliphatic heterocycles. The van der Waals surface area contributed by atoms with E-state index in [1.807, 2.05) is 61.2 Å². The first-order valence-corrected chi connectivity index (χ1v) is 10.4. The van der Waals surface area contributed by atoms with Gasteiger partial charge in [-0.15, -0.1) is 0 Å². The van der Waals surface area contributed by atoms with E-state index < -0.39 is 0 Å². The van der Waals surface area contributed by atoms with Crippen molar-refractivity contribution in [2.75, 3.05) is 5.32 Å². The van der Waals surface area contributed by atoms with Gasteiger partial charge in [0.1, 0.15) is 11.9 Å². The van der Waals surface area contributed by atoms with Crippen LogP contribution in [-0.2, 0) is 0 Å². The summed E-state index contributed by atoms with van der Waals surface area (Å²) < 4.78 is 6.21. The number of rotatable bonds is 5. The Morgan fingerprint density at radius 2 is 1.72 bits per heavy atom. The topological polar surface area (TPSA) is 41.6 Å². The van der Waals surface area contributed by atoms with Crippen LogP contribution in [0.1, 0.15) is 56.2 Å². The monoisotopic (exact) mass is 388 g/mol. The molecule has 0 saturated heterocycles. The van der Waals surface area contributed by atoms with Crippen LogP contribution in [0, 0.1) is 0 Å². The van der Waals surface area contributed by atoms with Crippen LogP contribution in [0.25, 0.3) is 10.8 Å². The van der Waals surface area contributed by atoms with Gasteiger partial charge in [0.05, 0.1) is 11.7 Å². The fourth-order valence-corrected chi connectivity index (χ4v) is 4.05. The van der Waals surface area contributed by atoms with Gasteiger partial charge < -0.3 is 15.0 Å². The van der Waals surface area contributed by atoms with Crippen molar-refractivity contribution in [2.24, 2.45) is 0 Å². The maximum atomic E-state index is 13.5. The number of para-hydroxylation sites is 1. The Balaban J connectivity index is 1.96. The van der Waals surface area contributed by atoms with E-state index in [9.17, 15) is 4.79 Å². The van der Waals surface area contributed by atoms with Gasteiger partial charge in [-0.1, -0.05) is 49.4 Å². The highest BCUT2D eigenvalue weighted by Gasteiger charge is 2.37. The number of ether oxygens (including phenoxy) is 1. The Morgan fingerprint density at radius 3 is 2.48 bits per heavy atom. The van der Waals surface area contributed by atoms with Crippen molar-refractivity contribution < 1.29 is 9.53 Å². The molecule has 1 heterocycles. The second kappa shape index (κ2) is 7.78. The van der Waals surface area contributed by atoms with Crippen LogP contribution >= 0.6 is 0 Å². The van der Waals surface area contributed by atoms with Crippen molar-refractivity contribution >= 4 is 22.4 Å². The number of hydrogen-bond acceptors (Lipinski definition) is 3. The van der Waals surface area contributed by atoms with Gasteiger partial charge in [0.2, 0.25) is 0 Å². The average molecular weight is 389 g/mol. The molecule has 2 atom stereocenters. The largest absolute Gasteiger partial charge is 0.491 e. The van der Waals surface area contributed by atoms with E-state index in [0.717, 1.165) is 39.8 Å². The second-order valence-electron chi connectivity index (χ2n) is 7.93. The van der Waals surface area contributed by atoms with Crippen LogP contribution in [0.3, 0.4) is 0 Å². The molecule has 0 radical (unpaired) electrons. The predicted molar refractivity (Wildman–Crippen MR) is 118 cm³/mol. The molecule has 0 aliphatic carbocycles. The Morgan fingerprint density at radius 1 is 1.00 bits per heavy atom. The zero-order valence-corrected chi connectivity index (χ0v) is 17.5. The smallest absolute Gasteiger partial charge is 0.258 e. The first-order chi connectivity index (χ1) is 14.0. The van der Waals surface area contributed by atoms with Crippen molar-refractivity contribution in [3.8, 4) is 5.75 Å². The van der Waals surface area contributed by atoms with Gasteiger partial charge in [0, 0.05) is 17.3 Å². The van der Waals surface area contributed by atoms with E-state index in [1.165, 1.54) is 0 Å². The third kappa shape index (κ3) is 3.44. The summed E-state index contributed by atoms with van der Waals surface area (Å²) in [5.41, 5.74) is 2.60. The number of amides is 1. The molecule has 0 bridgehead atoms. The van der Waals surface area contributed by atoms with E-state index in [2.05, 4.69) is 37.4 Å². The SMILES string of the molecule is CCC(C)N1C(=O)c2ccccc2NC1c1c(OC(C)C)ccc2ccccc12.